The van der Waals surface area contributed by atoms with E-state index in [1.54, 1.807) is 0 Å². The van der Waals surface area contributed by atoms with Crippen LogP contribution in [0.4, 0.5) is 0 Å². The Morgan fingerprint density at radius 3 is 2.68 bits per heavy atom. The van der Waals surface area contributed by atoms with E-state index in [1.807, 2.05) is 60.8 Å². The van der Waals surface area contributed by atoms with Crippen molar-refractivity contribution in [2.45, 2.75) is 0 Å². The minimum Gasteiger partial charge on any atom is -0.256 e. The maximum absolute atomic E-state index is 5.97. The molecule has 0 fully saturated rings. The maximum atomic E-state index is 5.97. The molecule has 0 aliphatic heterocycles. The second-order valence-electron chi connectivity index (χ2n) is 4.31. The molecule has 19 heavy (non-hydrogen) atoms. The van der Waals surface area contributed by atoms with Gasteiger partial charge in [0.05, 0.1) is 5.69 Å². The van der Waals surface area contributed by atoms with Crippen molar-refractivity contribution in [2.75, 3.05) is 0 Å². The van der Waals surface area contributed by atoms with Gasteiger partial charge in [-0.15, -0.1) is 0 Å². The lowest BCUT2D eigenvalue weighted by atomic mass is 10.1. The largest absolute Gasteiger partial charge is 0.256 e. The normalized spacial score (nSPS) is 11.2. The van der Waals surface area contributed by atoms with Crippen molar-refractivity contribution < 1.29 is 0 Å². The highest BCUT2D eigenvalue weighted by molar-refractivity contribution is 6.30. The summed E-state index contributed by atoms with van der Waals surface area (Å²) in [6, 6.07) is 18.0. The topological polar surface area (TPSA) is 12.9 Å². The van der Waals surface area contributed by atoms with E-state index >= 15 is 0 Å². The van der Waals surface area contributed by atoms with E-state index in [0.717, 1.165) is 21.7 Å². The Balaban J connectivity index is 2.02. The minimum absolute atomic E-state index is 0.744. The van der Waals surface area contributed by atoms with Gasteiger partial charge in [-0.2, -0.15) is 0 Å². The molecule has 0 N–H and O–H groups in total. The minimum atomic E-state index is 0.744. The lowest BCUT2D eigenvalue weighted by Gasteiger charge is -2.00. The van der Waals surface area contributed by atoms with E-state index in [4.69, 9.17) is 11.6 Å². The highest BCUT2D eigenvalue weighted by atomic mass is 35.5. The maximum Gasteiger partial charge on any atom is 0.0708 e. The molecule has 92 valence electrons. The van der Waals surface area contributed by atoms with Gasteiger partial charge >= 0.3 is 0 Å². The van der Waals surface area contributed by atoms with Gasteiger partial charge in [0.25, 0.3) is 0 Å². The smallest absolute Gasteiger partial charge is 0.0708 e. The highest BCUT2D eigenvalue weighted by Crippen LogP contribution is 2.19. The average Bonchev–Trinajstić information content (AvgIpc) is 2.45. The zero-order valence-corrected chi connectivity index (χ0v) is 11.0. The molecule has 0 saturated carbocycles. The summed E-state index contributed by atoms with van der Waals surface area (Å²) >= 11 is 5.97. The molecule has 0 aliphatic carbocycles. The van der Waals surface area contributed by atoms with Gasteiger partial charge < -0.3 is 0 Å². The number of pyridine rings is 1. The monoisotopic (exact) mass is 265 g/mol. The van der Waals surface area contributed by atoms with E-state index in [-0.39, 0.29) is 0 Å². The fourth-order valence-electron chi connectivity index (χ4n) is 2.06. The Hall–Kier alpha value is -2.12. The molecule has 0 bridgehead atoms. The van der Waals surface area contributed by atoms with Crippen LogP contribution >= 0.6 is 11.6 Å². The summed E-state index contributed by atoms with van der Waals surface area (Å²) in [7, 11) is 0. The second-order valence-corrected chi connectivity index (χ2v) is 4.74. The van der Waals surface area contributed by atoms with Gasteiger partial charge in [0.15, 0.2) is 0 Å². The van der Waals surface area contributed by atoms with Crippen LogP contribution in [0.3, 0.4) is 0 Å². The summed E-state index contributed by atoms with van der Waals surface area (Å²) in [6.45, 7) is 0. The Kier molecular flexibility index (Phi) is 3.30. The van der Waals surface area contributed by atoms with E-state index in [1.165, 1.54) is 5.39 Å². The quantitative estimate of drug-likeness (QED) is 0.631. The number of hydrogen-bond acceptors (Lipinski definition) is 1. The molecule has 0 spiro atoms. The van der Waals surface area contributed by atoms with E-state index in [0.29, 0.717) is 0 Å². The summed E-state index contributed by atoms with van der Waals surface area (Å²) in [5.41, 5.74) is 2.04. The van der Waals surface area contributed by atoms with Crippen LogP contribution in [0.1, 0.15) is 11.3 Å². The third-order valence-corrected chi connectivity index (χ3v) is 3.22. The molecule has 0 amide bonds. The Labute approximate surface area is 117 Å². The fraction of sp³-hybridized carbons (Fsp3) is 0. The number of aromatic nitrogens is 1. The standard InChI is InChI=1S/C17H12ClN/c18-15-6-3-4-13(12-15)8-9-17-16-7-2-1-5-14(16)10-11-19-17/h1-12H/b9-8+. The van der Waals surface area contributed by atoms with Crippen molar-refractivity contribution in [1.29, 1.82) is 0 Å². The van der Waals surface area contributed by atoms with Crippen molar-refractivity contribution in [3.05, 3.63) is 77.1 Å². The lowest BCUT2D eigenvalue weighted by Crippen LogP contribution is -1.82. The lowest BCUT2D eigenvalue weighted by molar-refractivity contribution is 1.33. The summed E-state index contributed by atoms with van der Waals surface area (Å²) in [6.07, 6.45) is 5.88. The van der Waals surface area contributed by atoms with Crippen molar-refractivity contribution in [2.24, 2.45) is 0 Å². The highest BCUT2D eigenvalue weighted by Gasteiger charge is 1.97. The summed E-state index contributed by atoms with van der Waals surface area (Å²) in [5, 5.41) is 3.10. The molecule has 1 heterocycles. The molecule has 0 unspecified atom stereocenters. The molecule has 1 nitrogen and oxygen atoms in total. The molecule has 2 heteroatoms. The van der Waals surface area contributed by atoms with Crippen LogP contribution < -0.4 is 0 Å². The van der Waals surface area contributed by atoms with Crippen molar-refractivity contribution in [3.8, 4) is 0 Å². The van der Waals surface area contributed by atoms with E-state index in [9.17, 15) is 0 Å². The van der Waals surface area contributed by atoms with Crippen molar-refractivity contribution in [1.82, 2.24) is 4.98 Å². The molecule has 0 aliphatic rings. The molecule has 3 aromatic rings. The van der Waals surface area contributed by atoms with Crippen molar-refractivity contribution in [3.63, 3.8) is 0 Å². The molecular formula is C17H12ClN. The van der Waals surface area contributed by atoms with Gasteiger partial charge in [-0.25, -0.2) is 0 Å². The predicted octanol–water partition coefficient (Wildman–Crippen LogP) is 5.06. The van der Waals surface area contributed by atoms with Crippen LogP contribution in [0.25, 0.3) is 22.9 Å². The van der Waals surface area contributed by atoms with Crippen LogP contribution in [0.5, 0.6) is 0 Å². The number of nitrogens with zero attached hydrogens (tertiary/aromatic N) is 1. The molecule has 0 atom stereocenters. The number of benzene rings is 2. The Morgan fingerprint density at radius 2 is 1.79 bits per heavy atom. The average molecular weight is 266 g/mol. The SMILES string of the molecule is Clc1cccc(/C=C/c2nccc3ccccc23)c1. The van der Waals surface area contributed by atoms with Gasteiger partial charge in [-0.1, -0.05) is 54.1 Å². The van der Waals surface area contributed by atoms with Crippen LogP contribution in [0.2, 0.25) is 5.02 Å². The number of rotatable bonds is 2. The zero-order chi connectivity index (χ0) is 13.1. The van der Waals surface area contributed by atoms with Gasteiger partial charge in [0.1, 0.15) is 0 Å². The predicted molar refractivity (Wildman–Crippen MR) is 82.1 cm³/mol. The molecule has 0 radical (unpaired) electrons. The van der Waals surface area contributed by atoms with Gasteiger partial charge in [0, 0.05) is 16.6 Å². The molecule has 3 rings (SSSR count). The zero-order valence-electron chi connectivity index (χ0n) is 10.3. The second kappa shape index (κ2) is 5.25. The number of halogens is 1. The van der Waals surface area contributed by atoms with Gasteiger partial charge in [-0.05, 0) is 35.2 Å². The summed E-state index contributed by atoms with van der Waals surface area (Å²) < 4.78 is 0. The summed E-state index contributed by atoms with van der Waals surface area (Å²) in [5.74, 6) is 0. The molecule has 2 aromatic carbocycles. The fourth-order valence-corrected chi connectivity index (χ4v) is 2.26. The number of hydrogen-bond donors (Lipinski definition) is 0. The third-order valence-electron chi connectivity index (χ3n) is 2.99. The van der Waals surface area contributed by atoms with Crippen molar-refractivity contribution >= 4 is 34.5 Å². The first-order valence-electron chi connectivity index (χ1n) is 6.10. The van der Waals surface area contributed by atoms with Crippen LogP contribution in [0, 0.1) is 0 Å². The molecule has 0 saturated heterocycles. The Morgan fingerprint density at radius 1 is 0.895 bits per heavy atom. The summed E-state index contributed by atoms with van der Waals surface area (Å²) in [4.78, 5) is 4.42. The number of fused-ring (bicyclic) bond motifs is 1. The first-order chi connectivity index (χ1) is 9.33. The third kappa shape index (κ3) is 2.67. The molecular weight excluding hydrogens is 254 g/mol. The van der Waals surface area contributed by atoms with E-state index in [2.05, 4.69) is 17.1 Å². The van der Waals surface area contributed by atoms with Crippen LogP contribution in [-0.4, -0.2) is 4.98 Å². The Bertz CT molecular complexity index is 742. The van der Waals surface area contributed by atoms with Crippen LogP contribution in [-0.2, 0) is 0 Å². The van der Waals surface area contributed by atoms with Gasteiger partial charge in [0.2, 0.25) is 0 Å². The first kappa shape index (κ1) is 11.9. The van der Waals surface area contributed by atoms with Gasteiger partial charge in [-0.3, -0.25) is 4.98 Å². The van der Waals surface area contributed by atoms with E-state index < -0.39 is 0 Å². The van der Waals surface area contributed by atoms with Crippen LogP contribution in [0.15, 0.2) is 60.8 Å². The molecule has 1 aromatic heterocycles. The first-order valence-corrected chi connectivity index (χ1v) is 6.48.